The zero-order chi connectivity index (χ0) is 17.0. The summed E-state index contributed by atoms with van der Waals surface area (Å²) >= 11 is 0. The summed E-state index contributed by atoms with van der Waals surface area (Å²) in [6.45, 7) is 4.56. The Morgan fingerprint density at radius 3 is 2.52 bits per heavy atom. The Hall–Kier alpha value is -2.04. The van der Waals surface area contributed by atoms with E-state index in [-0.39, 0.29) is 6.54 Å². The maximum atomic E-state index is 11.6. The molecule has 0 saturated carbocycles. The Labute approximate surface area is 136 Å². The van der Waals surface area contributed by atoms with E-state index in [4.69, 9.17) is 0 Å². The number of aryl methyl sites for hydroxylation is 1. The van der Waals surface area contributed by atoms with Crippen LogP contribution in [-0.2, 0) is 10.2 Å². The van der Waals surface area contributed by atoms with Crippen molar-refractivity contribution < 1.29 is 8.42 Å². The minimum absolute atomic E-state index is 0.253. The first kappa shape index (κ1) is 17.3. The van der Waals surface area contributed by atoms with Gasteiger partial charge in [0, 0.05) is 38.9 Å². The van der Waals surface area contributed by atoms with Gasteiger partial charge in [-0.2, -0.15) is 12.7 Å². The average Bonchev–Trinajstić information content (AvgIpc) is 2.84. The fourth-order valence-electron chi connectivity index (χ4n) is 1.80. The van der Waals surface area contributed by atoms with Crippen molar-refractivity contribution >= 4 is 16.0 Å². The molecule has 23 heavy (non-hydrogen) atoms. The third kappa shape index (κ3) is 4.24. The Morgan fingerprint density at radius 1 is 1.17 bits per heavy atom. The van der Waals surface area contributed by atoms with Gasteiger partial charge in [-0.1, -0.05) is 0 Å². The molecule has 0 amide bonds. The number of imidazole rings is 1. The molecule has 126 valence electrons. The summed E-state index contributed by atoms with van der Waals surface area (Å²) in [4.78, 5) is 12.6. The maximum absolute atomic E-state index is 11.6. The van der Waals surface area contributed by atoms with Crippen LogP contribution in [0.5, 0.6) is 0 Å². The lowest BCUT2D eigenvalue weighted by Gasteiger charge is -2.13. The minimum Gasteiger partial charge on any atom is -0.369 e. The first-order valence-electron chi connectivity index (χ1n) is 7.05. The standard InChI is InChI=1S/C13H21N7O2S/c1-10-11(2)20(9-17-10)13-7-12(15-8-16-13)14-5-6-18-23(21,22)19(3)4/h7-9,18H,5-6H2,1-4H3,(H,14,15,16). The largest absolute Gasteiger partial charge is 0.369 e. The van der Waals surface area contributed by atoms with Gasteiger partial charge in [0.2, 0.25) is 0 Å². The molecule has 2 aromatic rings. The molecular weight excluding hydrogens is 318 g/mol. The molecule has 2 aromatic heterocycles. The minimum atomic E-state index is -3.41. The second-order valence-electron chi connectivity index (χ2n) is 5.16. The molecule has 0 aromatic carbocycles. The summed E-state index contributed by atoms with van der Waals surface area (Å²) in [6.07, 6.45) is 3.17. The lowest BCUT2D eigenvalue weighted by atomic mass is 10.4. The number of aromatic nitrogens is 4. The van der Waals surface area contributed by atoms with Crippen molar-refractivity contribution in [3.05, 3.63) is 30.1 Å². The number of rotatable bonds is 7. The highest BCUT2D eigenvalue weighted by molar-refractivity contribution is 7.87. The van der Waals surface area contributed by atoms with E-state index in [0.717, 1.165) is 15.7 Å². The van der Waals surface area contributed by atoms with Crippen LogP contribution in [0.2, 0.25) is 0 Å². The molecule has 0 spiro atoms. The predicted molar refractivity (Wildman–Crippen MR) is 87.7 cm³/mol. The van der Waals surface area contributed by atoms with E-state index in [1.807, 2.05) is 18.4 Å². The van der Waals surface area contributed by atoms with Gasteiger partial charge in [0.25, 0.3) is 10.2 Å². The summed E-state index contributed by atoms with van der Waals surface area (Å²) in [5.74, 6) is 1.32. The Bertz CT molecular complexity index is 770. The van der Waals surface area contributed by atoms with Crippen molar-refractivity contribution in [3.8, 4) is 5.82 Å². The molecule has 2 heterocycles. The smallest absolute Gasteiger partial charge is 0.278 e. The molecule has 9 nitrogen and oxygen atoms in total. The predicted octanol–water partition coefficient (Wildman–Crippen LogP) is 0.0870. The first-order chi connectivity index (χ1) is 10.8. The Morgan fingerprint density at radius 2 is 1.91 bits per heavy atom. The van der Waals surface area contributed by atoms with Crippen molar-refractivity contribution in [1.29, 1.82) is 0 Å². The fourth-order valence-corrected chi connectivity index (χ4v) is 2.42. The average molecular weight is 339 g/mol. The molecular formula is C13H21N7O2S. The van der Waals surface area contributed by atoms with Crippen LogP contribution in [0.3, 0.4) is 0 Å². The molecule has 0 fully saturated rings. The molecule has 10 heteroatoms. The molecule has 2 N–H and O–H groups in total. The maximum Gasteiger partial charge on any atom is 0.278 e. The van der Waals surface area contributed by atoms with Crippen molar-refractivity contribution in [2.45, 2.75) is 13.8 Å². The van der Waals surface area contributed by atoms with E-state index < -0.39 is 10.2 Å². The summed E-state index contributed by atoms with van der Waals surface area (Å²) in [5, 5.41) is 3.06. The van der Waals surface area contributed by atoms with E-state index in [2.05, 4.69) is 25.0 Å². The molecule has 0 bridgehead atoms. The van der Waals surface area contributed by atoms with E-state index >= 15 is 0 Å². The van der Waals surface area contributed by atoms with E-state index in [9.17, 15) is 8.42 Å². The number of hydrogen-bond donors (Lipinski definition) is 2. The van der Waals surface area contributed by atoms with Gasteiger partial charge in [-0.25, -0.2) is 19.7 Å². The summed E-state index contributed by atoms with van der Waals surface area (Å²) < 4.78 is 28.6. The number of hydrogen-bond acceptors (Lipinski definition) is 6. The molecule has 0 saturated heterocycles. The van der Waals surface area contributed by atoms with Crippen LogP contribution in [0.15, 0.2) is 18.7 Å². The van der Waals surface area contributed by atoms with Crippen LogP contribution < -0.4 is 10.0 Å². The van der Waals surface area contributed by atoms with Gasteiger partial charge in [0.1, 0.15) is 24.3 Å². The van der Waals surface area contributed by atoms with Crippen molar-refractivity contribution in [2.75, 3.05) is 32.5 Å². The fraction of sp³-hybridized carbons (Fsp3) is 0.462. The van der Waals surface area contributed by atoms with Crippen LogP contribution in [0.25, 0.3) is 5.82 Å². The molecule has 0 aliphatic rings. The second kappa shape index (κ2) is 7.02. The number of nitrogens with one attached hydrogen (secondary N) is 2. The normalized spacial score (nSPS) is 11.9. The Balaban J connectivity index is 1.97. The van der Waals surface area contributed by atoms with Gasteiger partial charge in [-0.3, -0.25) is 4.57 Å². The summed E-state index contributed by atoms with van der Waals surface area (Å²) in [6, 6.07) is 1.79. The highest BCUT2D eigenvalue weighted by atomic mass is 32.2. The van der Waals surface area contributed by atoms with Crippen molar-refractivity contribution in [2.24, 2.45) is 0 Å². The van der Waals surface area contributed by atoms with E-state index in [0.29, 0.717) is 18.2 Å². The molecule has 0 aliphatic heterocycles. The highest BCUT2D eigenvalue weighted by Crippen LogP contribution is 2.13. The molecule has 2 rings (SSSR count). The van der Waals surface area contributed by atoms with Gasteiger partial charge in [-0.15, -0.1) is 0 Å². The van der Waals surface area contributed by atoms with Gasteiger partial charge in [-0.05, 0) is 13.8 Å². The molecule has 0 atom stereocenters. The topological polar surface area (TPSA) is 105 Å². The van der Waals surface area contributed by atoms with Gasteiger partial charge < -0.3 is 5.32 Å². The lowest BCUT2D eigenvalue weighted by Crippen LogP contribution is -2.38. The molecule has 0 aliphatic carbocycles. The first-order valence-corrected chi connectivity index (χ1v) is 8.49. The molecule has 0 radical (unpaired) electrons. The van der Waals surface area contributed by atoms with E-state index in [1.165, 1.54) is 20.4 Å². The van der Waals surface area contributed by atoms with Gasteiger partial charge >= 0.3 is 0 Å². The van der Waals surface area contributed by atoms with E-state index in [1.54, 1.807) is 12.4 Å². The van der Waals surface area contributed by atoms with Gasteiger partial charge in [0.05, 0.1) is 5.69 Å². The Kier molecular flexibility index (Phi) is 5.29. The third-order valence-corrected chi connectivity index (χ3v) is 4.88. The second-order valence-corrected chi connectivity index (χ2v) is 7.12. The van der Waals surface area contributed by atoms with Crippen molar-refractivity contribution in [3.63, 3.8) is 0 Å². The van der Waals surface area contributed by atoms with Crippen LogP contribution in [0, 0.1) is 13.8 Å². The van der Waals surface area contributed by atoms with Crippen LogP contribution >= 0.6 is 0 Å². The van der Waals surface area contributed by atoms with Crippen molar-refractivity contribution in [1.82, 2.24) is 28.5 Å². The summed E-state index contributed by atoms with van der Waals surface area (Å²) in [7, 11) is -0.460. The zero-order valence-electron chi connectivity index (χ0n) is 13.6. The quantitative estimate of drug-likeness (QED) is 0.693. The molecule has 0 unspecified atom stereocenters. The zero-order valence-corrected chi connectivity index (χ0v) is 14.4. The van der Waals surface area contributed by atoms with Crippen LogP contribution in [-0.4, -0.2) is 59.4 Å². The number of nitrogens with zero attached hydrogens (tertiary/aromatic N) is 5. The van der Waals surface area contributed by atoms with Crippen LogP contribution in [0.4, 0.5) is 5.82 Å². The summed E-state index contributed by atoms with van der Waals surface area (Å²) in [5.41, 5.74) is 1.95. The van der Waals surface area contributed by atoms with Gasteiger partial charge in [0.15, 0.2) is 0 Å². The monoisotopic (exact) mass is 339 g/mol. The van der Waals surface area contributed by atoms with Crippen LogP contribution in [0.1, 0.15) is 11.4 Å². The third-order valence-electron chi connectivity index (χ3n) is 3.35. The lowest BCUT2D eigenvalue weighted by molar-refractivity contribution is 0.507. The number of anilines is 1. The SMILES string of the molecule is Cc1ncn(-c2cc(NCCNS(=O)(=O)N(C)C)ncn2)c1C. The highest BCUT2D eigenvalue weighted by Gasteiger charge is 2.11.